The van der Waals surface area contributed by atoms with Gasteiger partial charge in [-0.3, -0.25) is 0 Å². The molecular formula is C15H14Cl3NO. The molecule has 0 spiro atoms. The van der Waals surface area contributed by atoms with Crippen molar-refractivity contribution in [3.05, 3.63) is 57.0 Å². The molecule has 0 aliphatic heterocycles. The third kappa shape index (κ3) is 4.29. The summed E-state index contributed by atoms with van der Waals surface area (Å²) in [7, 11) is 0. The van der Waals surface area contributed by atoms with Gasteiger partial charge in [0, 0.05) is 16.6 Å². The SMILES string of the molecule is CCNCc1ccc(Oc2cc(Cl)cc(Cl)c2)c(Cl)c1. The van der Waals surface area contributed by atoms with E-state index in [9.17, 15) is 0 Å². The predicted octanol–water partition coefficient (Wildman–Crippen LogP) is 5.55. The molecular weight excluding hydrogens is 317 g/mol. The van der Waals surface area contributed by atoms with Crippen LogP contribution in [0.3, 0.4) is 0 Å². The van der Waals surface area contributed by atoms with Gasteiger partial charge in [0.15, 0.2) is 0 Å². The van der Waals surface area contributed by atoms with Crippen molar-refractivity contribution in [1.29, 1.82) is 0 Å². The minimum atomic E-state index is 0.521. The van der Waals surface area contributed by atoms with Crippen LogP contribution in [0.5, 0.6) is 11.5 Å². The molecule has 20 heavy (non-hydrogen) atoms. The molecule has 0 bridgehead atoms. The van der Waals surface area contributed by atoms with Crippen LogP contribution in [-0.2, 0) is 6.54 Å². The molecule has 0 heterocycles. The lowest BCUT2D eigenvalue weighted by Gasteiger charge is -2.10. The fourth-order valence-electron chi connectivity index (χ4n) is 1.72. The predicted molar refractivity (Wildman–Crippen MR) is 85.4 cm³/mol. The zero-order chi connectivity index (χ0) is 14.5. The average molecular weight is 331 g/mol. The van der Waals surface area contributed by atoms with Crippen LogP contribution in [0, 0.1) is 0 Å². The third-order valence-electron chi connectivity index (χ3n) is 2.64. The Kier molecular flexibility index (Phi) is 5.55. The number of rotatable bonds is 5. The van der Waals surface area contributed by atoms with Gasteiger partial charge in [0.2, 0.25) is 0 Å². The topological polar surface area (TPSA) is 21.3 Å². The molecule has 2 aromatic carbocycles. The van der Waals surface area contributed by atoms with Gasteiger partial charge in [-0.15, -0.1) is 0 Å². The fourth-order valence-corrected chi connectivity index (χ4v) is 2.47. The minimum absolute atomic E-state index is 0.521. The monoisotopic (exact) mass is 329 g/mol. The number of hydrogen-bond acceptors (Lipinski definition) is 2. The third-order valence-corrected chi connectivity index (χ3v) is 3.37. The Morgan fingerprint density at radius 2 is 1.70 bits per heavy atom. The Bertz CT molecular complexity index is 581. The molecule has 0 radical (unpaired) electrons. The second-order valence-electron chi connectivity index (χ2n) is 4.25. The lowest BCUT2D eigenvalue weighted by atomic mass is 10.2. The molecule has 0 saturated carbocycles. The molecule has 2 rings (SSSR count). The van der Waals surface area contributed by atoms with E-state index in [2.05, 4.69) is 12.2 Å². The van der Waals surface area contributed by atoms with Crippen molar-refractivity contribution in [3.63, 3.8) is 0 Å². The molecule has 0 aliphatic rings. The fraction of sp³-hybridized carbons (Fsp3) is 0.200. The second-order valence-corrected chi connectivity index (χ2v) is 5.53. The molecule has 0 unspecified atom stereocenters. The highest BCUT2D eigenvalue weighted by Gasteiger charge is 2.06. The zero-order valence-corrected chi connectivity index (χ0v) is 13.2. The van der Waals surface area contributed by atoms with Crippen molar-refractivity contribution in [2.45, 2.75) is 13.5 Å². The molecule has 0 atom stereocenters. The molecule has 0 fully saturated rings. The first-order valence-corrected chi connectivity index (χ1v) is 7.35. The highest BCUT2D eigenvalue weighted by atomic mass is 35.5. The van der Waals surface area contributed by atoms with Crippen LogP contribution in [0.1, 0.15) is 12.5 Å². The van der Waals surface area contributed by atoms with E-state index in [-0.39, 0.29) is 0 Å². The van der Waals surface area contributed by atoms with Gasteiger partial charge in [0.05, 0.1) is 5.02 Å². The van der Waals surface area contributed by atoms with Crippen LogP contribution < -0.4 is 10.1 Å². The summed E-state index contributed by atoms with van der Waals surface area (Å²) in [5, 5.41) is 4.84. The van der Waals surface area contributed by atoms with Gasteiger partial charge in [0.25, 0.3) is 0 Å². The summed E-state index contributed by atoms with van der Waals surface area (Å²) in [4.78, 5) is 0. The van der Waals surface area contributed by atoms with Crippen LogP contribution in [0.15, 0.2) is 36.4 Å². The van der Waals surface area contributed by atoms with Crippen LogP contribution in [0.4, 0.5) is 0 Å². The van der Waals surface area contributed by atoms with Gasteiger partial charge in [-0.2, -0.15) is 0 Å². The van der Waals surface area contributed by atoms with Gasteiger partial charge in [-0.1, -0.05) is 47.8 Å². The summed E-state index contributed by atoms with van der Waals surface area (Å²) >= 11 is 18.1. The molecule has 5 heteroatoms. The molecule has 106 valence electrons. The van der Waals surface area contributed by atoms with E-state index in [1.165, 1.54) is 0 Å². The van der Waals surface area contributed by atoms with E-state index in [1.54, 1.807) is 18.2 Å². The lowest BCUT2D eigenvalue weighted by molar-refractivity contribution is 0.482. The summed E-state index contributed by atoms with van der Waals surface area (Å²) < 4.78 is 5.71. The Balaban J connectivity index is 2.16. The first-order valence-electron chi connectivity index (χ1n) is 6.21. The Morgan fingerprint density at radius 1 is 1.00 bits per heavy atom. The normalized spacial score (nSPS) is 10.6. The highest BCUT2D eigenvalue weighted by Crippen LogP contribution is 2.33. The smallest absolute Gasteiger partial charge is 0.146 e. The molecule has 0 amide bonds. The van der Waals surface area contributed by atoms with E-state index in [1.807, 2.05) is 18.2 Å². The zero-order valence-electron chi connectivity index (χ0n) is 10.9. The molecule has 2 aromatic rings. The van der Waals surface area contributed by atoms with Crippen molar-refractivity contribution in [1.82, 2.24) is 5.32 Å². The quantitative estimate of drug-likeness (QED) is 0.776. The largest absolute Gasteiger partial charge is 0.456 e. The van der Waals surface area contributed by atoms with Gasteiger partial charge in [0.1, 0.15) is 11.5 Å². The summed E-state index contributed by atoms with van der Waals surface area (Å²) in [6.45, 7) is 3.75. The highest BCUT2D eigenvalue weighted by molar-refractivity contribution is 6.34. The maximum absolute atomic E-state index is 6.22. The van der Waals surface area contributed by atoms with Gasteiger partial charge in [-0.25, -0.2) is 0 Å². The average Bonchev–Trinajstić information content (AvgIpc) is 2.38. The number of nitrogens with one attached hydrogen (secondary N) is 1. The summed E-state index contributed by atoms with van der Waals surface area (Å²) in [6.07, 6.45) is 0. The van der Waals surface area contributed by atoms with E-state index < -0.39 is 0 Å². The minimum Gasteiger partial charge on any atom is -0.456 e. The first kappa shape index (κ1) is 15.5. The van der Waals surface area contributed by atoms with Crippen LogP contribution in [0.2, 0.25) is 15.1 Å². The summed E-state index contributed by atoms with van der Waals surface area (Å²) in [5.74, 6) is 1.13. The van der Waals surface area contributed by atoms with E-state index in [0.717, 1.165) is 18.7 Å². The molecule has 0 aromatic heterocycles. The van der Waals surface area contributed by atoms with E-state index in [4.69, 9.17) is 39.5 Å². The molecule has 1 N–H and O–H groups in total. The second kappa shape index (κ2) is 7.19. The lowest BCUT2D eigenvalue weighted by Crippen LogP contribution is -2.11. The Morgan fingerprint density at radius 3 is 2.30 bits per heavy atom. The van der Waals surface area contributed by atoms with E-state index in [0.29, 0.717) is 26.6 Å². The summed E-state index contributed by atoms with van der Waals surface area (Å²) in [5.41, 5.74) is 1.10. The molecule has 2 nitrogen and oxygen atoms in total. The summed E-state index contributed by atoms with van der Waals surface area (Å²) in [6, 6.07) is 10.7. The van der Waals surface area contributed by atoms with Crippen molar-refractivity contribution >= 4 is 34.8 Å². The number of ether oxygens (including phenoxy) is 1. The number of hydrogen-bond donors (Lipinski definition) is 1. The maximum Gasteiger partial charge on any atom is 0.146 e. The van der Waals surface area contributed by atoms with Crippen LogP contribution in [0.25, 0.3) is 0 Å². The maximum atomic E-state index is 6.22. The van der Waals surface area contributed by atoms with E-state index >= 15 is 0 Å². The number of benzene rings is 2. The Labute approximate surface area is 133 Å². The molecule has 0 saturated heterocycles. The van der Waals surface area contributed by atoms with Crippen LogP contribution in [-0.4, -0.2) is 6.54 Å². The number of halogens is 3. The van der Waals surface area contributed by atoms with Crippen molar-refractivity contribution in [3.8, 4) is 11.5 Å². The standard InChI is InChI=1S/C15H14Cl3NO/c1-2-19-9-10-3-4-15(14(18)5-10)20-13-7-11(16)6-12(17)8-13/h3-8,19H,2,9H2,1H3. The van der Waals surface area contributed by atoms with Gasteiger partial charge in [-0.05, 0) is 42.4 Å². The first-order chi connectivity index (χ1) is 9.58. The van der Waals surface area contributed by atoms with Gasteiger partial charge < -0.3 is 10.1 Å². The molecule has 0 aliphatic carbocycles. The van der Waals surface area contributed by atoms with Crippen molar-refractivity contribution < 1.29 is 4.74 Å². The van der Waals surface area contributed by atoms with Gasteiger partial charge >= 0.3 is 0 Å². The van der Waals surface area contributed by atoms with Crippen molar-refractivity contribution in [2.24, 2.45) is 0 Å². The Hall–Kier alpha value is -0.930. The van der Waals surface area contributed by atoms with Crippen LogP contribution >= 0.6 is 34.8 Å². The van der Waals surface area contributed by atoms with Crippen molar-refractivity contribution in [2.75, 3.05) is 6.54 Å².